The van der Waals surface area contributed by atoms with Crippen molar-refractivity contribution in [2.24, 2.45) is 0 Å². The first-order valence-electron chi connectivity index (χ1n) is 11.3. The largest absolute Gasteiger partial charge is 0.396 e. The van der Waals surface area contributed by atoms with Gasteiger partial charge in [0.15, 0.2) is 0 Å². The summed E-state index contributed by atoms with van der Waals surface area (Å²) in [5.74, 6) is -4.51. The van der Waals surface area contributed by atoms with E-state index in [4.69, 9.17) is 5.73 Å². The highest BCUT2D eigenvalue weighted by Gasteiger charge is 2.26. The highest BCUT2D eigenvalue weighted by molar-refractivity contribution is 9.10. The number of hydrogen-bond acceptors (Lipinski definition) is 5. The Balaban J connectivity index is 0.000000302. The summed E-state index contributed by atoms with van der Waals surface area (Å²) in [6, 6.07) is 5.12. The molecule has 0 aliphatic carbocycles. The van der Waals surface area contributed by atoms with Gasteiger partial charge in [0, 0.05) is 0 Å². The average Bonchev–Trinajstić information content (AvgIpc) is 2.79. The zero-order chi connectivity index (χ0) is 31.3. The van der Waals surface area contributed by atoms with Crippen LogP contribution in [0.5, 0.6) is 0 Å². The van der Waals surface area contributed by atoms with Gasteiger partial charge in [-0.05, 0) is 50.6 Å². The molecule has 0 atom stereocenters. The number of benzene rings is 3. The molecule has 3 aromatic rings. The van der Waals surface area contributed by atoms with Gasteiger partial charge in [-0.3, -0.25) is 20.2 Å². The molecule has 3 aromatic carbocycles. The van der Waals surface area contributed by atoms with Crippen molar-refractivity contribution in [2.75, 3.05) is 5.73 Å². The molecule has 0 amide bonds. The van der Waals surface area contributed by atoms with Gasteiger partial charge in [0.1, 0.15) is 23.3 Å². The number of rotatable bonds is 4. The molecule has 0 saturated heterocycles. The molecule has 0 heterocycles. The van der Waals surface area contributed by atoms with E-state index in [0.717, 1.165) is 12.1 Å². The molecule has 0 aliphatic rings. The number of nitro groups is 2. The number of nitrogens with two attached hydrogens (primary N) is 1. The molecule has 0 radical (unpaired) electrons. The molecular formula is C24H26BrF6N3O4Si2. The molecule has 7 nitrogen and oxygen atoms in total. The fraction of sp³-hybridized carbons (Fsp3) is 0.250. The lowest BCUT2D eigenvalue weighted by Crippen LogP contribution is -2.40. The maximum absolute atomic E-state index is 13.5. The van der Waals surface area contributed by atoms with E-state index in [1.54, 1.807) is 0 Å². The van der Waals surface area contributed by atoms with Crippen molar-refractivity contribution in [3.63, 3.8) is 0 Å². The Morgan fingerprint density at radius 2 is 0.950 bits per heavy atom. The summed E-state index contributed by atoms with van der Waals surface area (Å²) in [4.78, 5) is 18.5. The summed E-state index contributed by atoms with van der Waals surface area (Å²) < 4.78 is 78.1. The van der Waals surface area contributed by atoms with Crippen LogP contribution in [0.3, 0.4) is 0 Å². The molecule has 0 unspecified atom stereocenters. The second-order valence-corrected chi connectivity index (χ2v) is 21.3. The number of nitrogen functional groups attached to an aromatic ring is 1. The Morgan fingerprint density at radius 3 is 1.35 bits per heavy atom. The first kappa shape index (κ1) is 34.8. The van der Waals surface area contributed by atoms with E-state index in [2.05, 4.69) is 15.9 Å². The van der Waals surface area contributed by atoms with Crippen LogP contribution in [-0.2, 0) is 0 Å². The maximum atomic E-state index is 13.5. The van der Waals surface area contributed by atoms with Gasteiger partial charge in [-0.15, -0.1) is 0 Å². The lowest BCUT2D eigenvalue weighted by molar-refractivity contribution is -0.387. The summed E-state index contributed by atoms with van der Waals surface area (Å²) >= 11 is 2.69. The minimum atomic E-state index is -2.00. The molecule has 0 spiro atoms. The first-order valence-corrected chi connectivity index (χ1v) is 19.0. The number of anilines is 1. The Kier molecular flexibility index (Phi) is 11.7. The van der Waals surface area contributed by atoms with Crippen LogP contribution in [0, 0.1) is 55.1 Å². The monoisotopic (exact) mass is 669 g/mol. The fourth-order valence-electron chi connectivity index (χ4n) is 3.04. The van der Waals surface area contributed by atoms with E-state index in [1.807, 2.05) is 39.3 Å². The lowest BCUT2D eigenvalue weighted by atomic mass is 10.3. The van der Waals surface area contributed by atoms with Crippen LogP contribution in [0.2, 0.25) is 39.3 Å². The van der Waals surface area contributed by atoms with Crippen molar-refractivity contribution >= 4 is 59.5 Å². The molecular weight excluding hydrogens is 644 g/mol. The van der Waals surface area contributed by atoms with Crippen LogP contribution in [0.15, 0.2) is 40.9 Å². The zero-order valence-corrected chi connectivity index (χ0v) is 25.8. The van der Waals surface area contributed by atoms with Crippen molar-refractivity contribution in [1.29, 1.82) is 0 Å². The molecule has 40 heavy (non-hydrogen) atoms. The molecule has 0 aliphatic heterocycles. The summed E-state index contributed by atoms with van der Waals surface area (Å²) in [5, 5.41) is 21.2. The van der Waals surface area contributed by atoms with Gasteiger partial charge in [0.05, 0.1) is 48.3 Å². The number of halogens is 7. The molecule has 0 saturated carbocycles. The van der Waals surface area contributed by atoms with Crippen LogP contribution in [0.1, 0.15) is 0 Å². The van der Waals surface area contributed by atoms with Crippen molar-refractivity contribution in [3.05, 3.63) is 96.0 Å². The van der Waals surface area contributed by atoms with Gasteiger partial charge in [-0.1, -0.05) is 39.3 Å². The third kappa shape index (κ3) is 9.44. The Labute approximate surface area is 236 Å². The number of nitrogens with zero attached hydrogens (tertiary/aromatic N) is 2. The van der Waals surface area contributed by atoms with Crippen LogP contribution in [0.4, 0.5) is 43.4 Å². The minimum absolute atomic E-state index is 0.125. The zero-order valence-electron chi connectivity index (χ0n) is 22.2. The van der Waals surface area contributed by atoms with E-state index >= 15 is 0 Å². The summed E-state index contributed by atoms with van der Waals surface area (Å²) in [6.07, 6.45) is 0. The van der Waals surface area contributed by atoms with Crippen LogP contribution < -0.4 is 16.1 Å². The molecule has 0 bridgehead atoms. The Hall–Kier alpha value is -3.25. The van der Waals surface area contributed by atoms with Gasteiger partial charge in [-0.25, -0.2) is 17.6 Å². The first-order chi connectivity index (χ1) is 18.1. The number of nitro benzene ring substituents is 2. The lowest BCUT2D eigenvalue weighted by Gasteiger charge is -2.17. The van der Waals surface area contributed by atoms with Crippen LogP contribution in [-0.4, -0.2) is 26.0 Å². The van der Waals surface area contributed by atoms with Crippen molar-refractivity contribution in [1.82, 2.24) is 0 Å². The van der Waals surface area contributed by atoms with Crippen LogP contribution >= 0.6 is 15.9 Å². The van der Waals surface area contributed by atoms with Crippen molar-refractivity contribution < 1.29 is 36.2 Å². The highest BCUT2D eigenvalue weighted by Crippen LogP contribution is 2.24. The van der Waals surface area contributed by atoms with E-state index in [1.165, 1.54) is 6.07 Å². The Morgan fingerprint density at radius 1 is 0.600 bits per heavy atom. The fourth-order valence-corrected chi connectivity index (χ4v) is 6.05. The second kappa shape index (κ2) is 13.4. The van der Waals surface area contributed by atoms with E-state index in [9.17, 15) is 46.6 Å². The smallest absolute Gasteiger partial charge is 0.307 e. The van der Waals surface area contributed by atoms with Crippen LogP contribution in [0.25, 0.3) is 0 Å². The van der Waals surface area contributed by atoms with E-state index < -0.39 is 72.3 Å². The minimum Gasteiger partial charge on any atom is -0.396 e. The van der Waals surface area contributed by atoms with Gasteiger partial charge in [0.25, 0.3) is 0 Å². The normalized spacial score (nSPS) is 11.1. The standard InChI is InChI=1S/C9H11F2NO2Si.C9H13F2NSi.C6H2BrF2NO2/c1-15(2,3)9-5-6(10)8(12(13)14)4-7(9)11;1-13(2,3)9-5-6(10)8(12)4-7(9)11;7-3-1-5(9)6(10(11)12)2-4(3)8/h4-5H,1-3H3;4-5H,12H2,1-3H3;1-2H. The quantitative estimate of drug-likeness (QED) is 0.0792. The third-order valence-corrected chi connectivity index (χ3v) is 9.73. The van der Waals surface area contributed by atoms with Gasteiger partial charge in [0.2, 0.25) is 11.6 Å². The third-order valence-electron chi connectivity index (χ3n) is 5.12. The SMILES string of the molecule is C[Si](C)(C)c1cc(F)c(N)cc1F.C[Si](C)(C)c1cc(F)c([N+](=O)[O-])cc1F.O=[N+]([O-])c1cc(F)c(Br)cc1F. The second-order valence-electron chi connectivity index (χ2n) is 10.4. The highest BCUT2D eigenvalue weighted by atomic mass is 79.9. The molecule has 3 rings (SSSR count). The van der Waals surface area contributed by atoms with E-state index in [0.29, 0.717) is 23.4 Å². The van der Waals surface area contributed by atoms with Crippen molar-refractivity contribution in [2.45, 2.75) is 39.3 Å². The van der Waals surface area contributed by atoms with Crippen molar-refractivity contribution in [3.8, 4) is 0 Å². The number of hydrogen-bond donors (Lipinski definition) is 1. The molecule has 218 valence electrons. The van der Waals surface area contributed by atoms with Gasteiger partial charge >= 0.3 is 11.4 Å². The molecule has 0 aromatic heterocycles. The summed E-state index contributed by atoms with van der Waals surface area (Å²) in [6.45, 7) is 11.4. The summed E-state index contributed by atoms with van der Waals surface area (Å²) in [5.41, 5.74) is 3.43. The van der Waals surface area contributed by atoms with Gasteiger partial charge < -0.3 is 5.73 Å². The maximum Gasteiger partial charge on any atom is 0.307 e. The molecule has 2 N–H and O–H groups in total. The molecule has 0 fully saturated rings. The Bertz CT molecular complexity index is 1430. The predicted molar refractivity (Wildman–Crippen MR) is 150 cm³/mol. The average molecular weight is 671 g/mol. The van der Waals surface area contributed by atoms with E-state index in [-0.39, 0.29) is 15.3 Å². The summed E-state index contributed by atoms with van der Waals surface area (Å²) in [7, 11) is -3.81. The van der Waals surface area contributed by atoms with Gasteiger partial charge in [-0.2, -0.15) is 8.78 Å². The topological polar surface area (TPSA) is 112 Å². The molecule has 16 heteroatoms. The predicted octanol–water partition coefficient (Wildman–Crippen LogP) is 7.15.